The van der Waals surface area contributed by atoms with Gasteiger partial charge in [-0.3, -0.25) is 4.79 Å². The van der Waals surface area contributed by atoms with Crippen LogP contribution in [0.1, 0.15) is 24.3 Å². The Hall–Kier alpha value is -1.68. The zero-order valence-corrected chi connectivity index (χ0v) is 11.2. The van der Waals surface area contributed by atoms with Crippen LogP contribution in [0.15, 0.2) is 24.3 Å². The molecule has 0 saturated carbocycles. The summed E-state index contributed by atoms with van der Waals surface area (Å²) in [4.78, 5) is 17.4. The topological polar surface area (TPSA) is 42.0 Å². The summed E-state index contributed by atoms with van der Waals surface area (Å²) >= 11 is 1.58. The molecule has 4 heteroatoms. The standard InChI is InChI=1S/C14H14N2OS/c1-8(2)13(17)16-14-15-12-10-6-4-3-5-9(10)7-11(12)18-14/h3-6,8H,7H2,1-2H3,(H,15,16,17). The van der Waals surface area contributed by atoms with Crippen molar-refractivity contribution in [1.29, 1.82) is 0 Å². The molecule has 0 unspecified atom stereocenters. The molecule has 2 aromatic rings. The van der Waals surface area contributed by atoms with E-state index in [1.54, 1.807) is 11.3 Å². The van der Waals surface area contributed by atoms with Crippen molar-refractivity contribution in [3.63, 3.8) is 0 Å². The third-order valence-electron chi connectivity index (χ3n) is 3.08. The molecule has 0 bridgehead atoms. The first-order valence-corrected chi connectivity index (χ1v) is 6.85. The number of carbonyl (C=O) groups excluding carboxylic acids is 1. The molecule has 18 heavy (non-hydrogen) atoms. The Labute approximate surface area is 110 Å². The van der Waals surface area contributed by atoms with Crippen LogP contribution in [-0.4, -0.2) is 10.9 Å². The first-order valence-electron chi connectivity index (χ1n) is 6.04. The fraction of sp³-hybridized carbons (Fsp3) is 0.286. The van der Waals surface area contributed by atoms with E-state index in [0.29, 0.717) is 5.13 Å². The number of benzene rings is 1. The minimum Gasteiger partial charge on any atom is -0.302 e. The van der Waals surface area contributed by atoms with Crippen LogP contribution in [0.3, 0.4) is 0 Å². The average molecular weight is 258 g/mol. The van der Waals surface area contributed by atoms with Crippen molar-refractivity contribution in [2.75, 3.05) is 5.32 Å². The van der Waals surface area contributed by atoms with E-state index in [1.165, 1.54) is 16.0 Å². The minimum absolute atomic E-state index is 0.0176. The second-order valence-electron chi connectivity index (χ2n) is 4.77. The zero-order chi connectivity index (χ0) is 12.7. The smallest absolute Gasteiger partial charge is 0.228 e. The van der Waals surface area contributed by atoms with Crippen LogP contribution < -0.4 is 5.32 Å². The Kier molecular flexibility index (Phi) is 2.67. The van der Waals surface area contributed by atoms with Gasteiger partial charge in [-0.25, -0.2) is 4.98 Å². The van der Waals surface area contributed by atoms with E-state index >= 15 is 0 Å². The summed E-state index contributed by atoms with van der Waals surface area (Å²) in [7, 11) is 0. The van der Waals surface area contributed by atoms with E-state index in [-0.39, 0.29) is 11.8 Å². The number of rotatable bonds is 2. The molecule has 1 N–H and O–H groups in total. The lowest BCUT2D eigenvalue weighted by Gasteiger charge is -2.04. The number of carbonyl (C=O) groups is 1. The van der Waals surface area contributed by atoms with E-state index in [0.717, 1.165) is 12.1 Å². The predicted octanol–water partition coefficient (Wildman–Crippen LogP) is 3.31. The first kappa shape index (κ1) is 11.4. The Morgan fingerprint density at radius 3 is 2.94 bits per heavy atom. The highest BCUT2D eigenvalue weighted by atomic mass is 32.1. The van der Waals surface area contributed by atoms with Gasteiger partial charge in [0.05, 0.1) is 5.69 Å². The molecular formula is C14H14N2OS. The van der Waals surface area contributed by atoms with Crippen molar-refractivity contribution >= 4 is 22.4 Å². The molecule has 1 aliphatic carbocycles. The highest BCUT2D eigenvalue weighted by Gasteiger charge is 2.23. The maximum Gasteiger partial charge on any atom is 0.228 e. The third kappa shape index (κ3) is 1.82. The van der Waals surface area contributed by atoms with Crippen LogP contribution in [0.5, 0.6) is 0 Å². The lowest BCUT2D eigenvalue weighted by atomic mass is 10.1. The fourth-order valence-electron chi connectivity index (χ4n) is 2.06. The highest BCUT2D eigenvalue weighted by molar-refractivity contribution is 7.16. The van der Waals surface area contributed by atoms with Gasteiger partial charge >= 0.3 is 0 Å². The van der Waals surface area contributed by atoms with E-state index in [1.807, 2.05) is 19.9 Å². The largest absolute Gasteiger partial charge is 0.302 e. The van der Waals surface area contributed by atoms with Crippen molar-refractivity contribution < 1.29 is 4.79 Å². The SMILES string of the molecule is CC(C)C(=O)Nc1nc2c(s1)Cc1ccccc1-2. The molecule has 1 aromatic heterocycles. The van der Waals surface area contributed by atoms with Gasteiger partial charge in [-0.2, -0.15) is 0 Å². The Morgan fingerprint density at radius 2 is 2.17 bits per heavy atom. The summed E-state index contributed by atoms with van der Waals surface area (Å²) in [6.07, 6.45) is 0.931. The van der Waals surface area contributed by atoms with Crippen LogP contribution >= 0.6 is 11.3 Å². The van der Waals surface area contributed by atoms with Crippen molar-refractivity contribution in [3.8, 4) is 11.3 Å². The van der Waals surface area contributed by atoms with Gasteiger partial charge in [0.1, 0.15) is 0 Å². The summed E-state index contributed by atoms with van der Waals surface area (Å²) in [5.41, 5.74) is 3.57. The Morgan fingerprint density at radius 1 is 1.39 bits per heavy atom. The Bertz CT molecular complexity index is 616. The van der Waals surface area contributed by atoms with Gasteiger partial charge in [0, 0.05) is 22.8 Å². The maximum absolute atomic E-state index is 11.6. The van der Waals surface area contributed by atoms with Crippen molar-refractivity contribution in [2.45, 2.75) is 20.3 Å². The number of thiazole rings is 1. The van der Waals surface area contributed by atoms with E-state index in [2.05, 4.69) is 28.5 Å². The summed E-state index contributed by atoms with van der Waals surface area (Å²) < 4.78 is 0. The van der Waals surface area contributed by atoms with Crippen LogP contribution in [-0.2, 0) is 11.2 Å². The minimum atomic E-state index is -0.0176. The van der Waals surface area contributed by atoms with Gasteiger partial charge in [0.15, 0.2) is 5.13 Å². The fourth-order valence-corrected chi connectivity index (χ4v) is 3.07. The van der Waals surface area contributed by atoms with Crippen molar-refractivity contribution in [3.05, 3.63) is 34.7 Å². The second-order valence-corrected chi connectivity index (χ2v) is 5.85. The molecule has 0 aliphatic heterocycles. The van der Waals surface area contributed by atoms with Gasteiger partial charge in [0.25, 0.3) is 0 Å². The number of hydrogen-bond donors (Lipinski definition) is 1. The number of hydrogen-bond acceptors (Lipinski definition) is 3. The van der Waals surface area contributed by atoms with Gasteiger partial charge in [-0.1, -0.05) is 38.1 Å². The molecule has 1 heterocycles. The lowest BCUT2D eigenvalue weighted by molar-refractivity contribution is -0.118. The first-order chi connectivity index (χ1) is 8.65. The molecule has 1 aliphatic rings. The van der Waals surface area contributed by atoms with Crippen molar-refractivity contribution in [2.24, 2.45) is 5.92 Å². The molecular weight excluding hydrogens is 244 g/mol. The predicted molar refractivity (Wildman–Crippen MR) is 73.8 cm³/mol. The van der Waals surface area contributed by atoms with Gasteiger partial charge in [-0.05, 0) is 5.56 Å². The number of aromatic nitrogens is 1. The molecule has 0 fully saturated rings. The van der Waals surface area contributed by atoms with Gasteiger partial charge in [0.2, 0.25) is 5.91 Å². The number of fused-ring (bicyclic) bond motifs is 3. The van der Waals surface area contributed by atoms with Crippen LogP contribution in [0, 0.1) is 5.92 Å². The van der Waals surface area contributed by atoms with Gasteiger partial charge in [-0.15, -0.1) is 11.3 Å². The normalized spacial score (nSPS) is 12.4. The summed E-state index contributed by atoms with van der Waals surface area (Å²) in [6, 6.07) is 8.31. The molecule has 0 saturated heterocycles. The zero-order valence-electron chi connectivity index (χ0n) is 10.4. The number of anilines is 1. The third-order valence-corrected chi connectivity index (χ3v) is 4.05. The quantitative estimate of drug-likeness (QED) is 0.766. The number of amides is 1. The number of nitrogens with one attached hydrogen (secondary N) is 1. The van der Waals surface area contributed by atoms with Crippen LogP contribution in [0.2, 0.25) is 0 Å². The summed E-state index contributed by atoms with van der Waals surface area (Å²) in [6.45, 7) is 3.76. The molecule has 1 aromatic carbocycles. The summed E-state index contributed by atoms with van der Waals surface area (Å²) in [5, 5.41) is 3.59. The van der Waals surface area contributed by atoms with Crippen LogP contribution in [0.4, 0.5) is 5.13 Å². The monoisotopic (exact) mass is 258 g/mol. The van der Waals surface area contributed by atoms with Gasteiger partial charge < -0.3 is 5.32 Å². The summed E-state index contributed by atoms with van der Waals surface area (Å²) in [5.74, 6) is 0.00624. The number of nitrogens with zero attached hydrogens (tertiary/aromatic N) is 1. The lowest BCUT2D eigenvalue weighted by Crippen LogP contribution is -2.17. The molecule has 1 amide bonds. The van der Waals surface area contributed by atoms with E-state index < -0.39 is 0 Å². The van der Waals surface area contributed by atoms with E-state index in [4.69, 9.17) is 0 Å². The molecule has 3 rings (SSSR count). The van der Waals surface area contributed by atoms with Crippen LogP contribution in [0.25, 0.3) is 11.3 Å². The molecule has 0 radical (unpaired) electrons. The molecule has 0 atom stereocenters. The highest BCUT2D eigenvalue weighted by Crippen LogP contribution is 2.40. The van der Waals surface area contributed by atoms with E-state index in [9.17, 15) is 4.79 Å². The molecule has 92 valence electrons. The Balaban J connectivity index is 1.91. The second kappa shape index (κ2) is 4.21. The maximum atomic E-state index is 11.6. The average Bonchev–Trinajstić information content (AvgIpc) is 2.85. The molecule has 0 spiro atoms. The van der Waals surface area contributed by atoms with Crippen molar-refractivity contribution in [1.82, 2.24) is 4.98 Å². The molecule has 3 nitrogen and oxygen atoms in total.